The van der Waals surface area contributed by atoms with Gasteiger partial charge in [-0.2, -0.15) is 0 Å². The second kappa shape index (κ2) is 9.24. The van der Waals surface area contributed by atoms with Crippen molar-refractivity contribution in [1.29, 1.82) is 0 Å². The van der Waals surface area contributed by atoms with Crippen molar-refractivity contribution >= 4 is 17.5 Å². The summed E-state index contributed by atoms with van der Waals surface area (Å²) >= 11 is 0. The van der Waals surface area contributed by atoms with E-state index in [2.05, 4.69) is 5.32 Å². The number of benzene rings is 2. The summed E-state index contributed by atoms with van der Waals surface area (Å²) in [5, 5.41) is 2.78. The Bertz CT molecular complexity index is 848. The van der Waals surface area contributed by atoms with Crippen molar-refractivity contribution in [1.82, 2.24) is 4.90 Å². The predicted molar refractivity (Wildman–Crippen MR) is 101 cm³/mol. The summed E-state index contributed by atoms with van der Waals surface area (Å²) in [6.45, 7) is -0.0812. The van der Waals surface area contributed by atoms with Crippen LogP contribution in [0.3, 0.4) is 0 Å². The molecule has 0 fully saturated rings. The highest BCUT2D eigenvalue weighted by Crippen LogP contribution is 2.11. The number of hydrogen-bond acceptors (Lipinski definition) is 4. The third-order valence-corrected chi connectivity index (χ3v) is 3.78. The zero-order chi connectivity index (χ0) is 18.9. The van der Waals surface area contributed by atoms with E-state index < -0.39 is 0 Å². The maximum absolute atomic E-state index is 12.6. The second-order valence-corrected chi connectivity index (χ2v) is 5.85. The average molecular weight is 364 g/mol. The van der Waals surface area contributed by atoms with Gasteiger partial charge in [-0.15, -0.1) is 0 Å². The summed E-state index contributed by atoms with van der Waals surface area (Å²) in [6.07, 6.45) is 1.53. The van der Waals surface area contributed by atoms with E-state index in [1.165, 1.54) is 11.2 Å². The Morgan fingerprint density at radius 1 is 0.926 bits per heavy atom. The third kappa shape index (κ3) is 5.74. The molecule has 138 valence electrons. The lowest BCUT2D eigenvalue weighted by Crippen LogP contribution is -2.40. The van der Waals surface area contributed by atoms with Crippen LogP contribution in [-0.2, 0) is 16.1 Å². The van der Waals surface area contributed by atoms with Crippen LogP contribution in [-0.4, -0.2) is 29.9 Å². The van der Waals surface area contributed by atoms with Gasteiger partial charge in [0, 0.05) is 5.69 Å². The maximum Gasteiger partial charge on any atom is 0.261 e. The molecule has 1 N–H and O–H groups in total. The number of hydrogen-bond donors (Lipinski definition) is 1. The van der Waals surface area contributed by atoms with Crippen molar-refractivity contribution in [3.8, 4) is 5.75 Å². The number of anilines is 1. The van der Waals surface area contributed by atoms with Crippen LogP contribution in [0.15, 0.2) is 83.5 Å². The first-order chi connectivity index (χ1) is 13.2. The minimum Gasteiger partial charge on any atom is -0.484 e. The number of amides is 2. The van der Waals surface area contributed by atoms with Crippen molar-refractivity contribution in [3.05, 3.63) is 84.8 Å². The van der Waals surface area contributed by atoms with Gasteiger partial charge in [0.2, 0.25) is 5.91 Å². The largest absolute Gasteiger partial charge is 0.484 e. The van der Waals surface area contributed by atoms with Crippen molar-refractivity contribution < 1.29 is 18.7 Å². The lowest BCUT2D eigenvalue weighted by Gasteiger charge is -2.21. The van der Waals surface area contributed by atoms with Crippen LogP contribution in [0.25, 0.3) is 0 Å². The quantitative estimate of drug-likeness (QED) is 0.665. The van der Waals surface area contributed by atoms with E-state index in [1.807, 2.05) is 36.4 Å². The number of rotatable bonds is 8. The predicted octanol–water partition coefficient (Wildman–Crippen LogP) is 3.33. The first-order valence-electron chi connectivity index (χ1n) is 8.53. The van der Waals surface area contributed by atoms with Crippen LogP contribution in [0, 0.1) is 0 Å². The van der Waals surface area contributed by atoms with Crippen LogP contribution in [0.4, 0.5) is 5.69 Å². The lowest BCUT2D eigenvalue weighted by atomic mass is 10.3. The third-order valence-electron chi connectivity index (χ3n) is 3.78. The first kappa shape index (κ1) is 18.3. The highest BCUT2D eigenvalue weighted by atomic mass is 16.5. The van der Waals surface area contributed by atoms with Crippen molar-refractivity contribution in [2.24, 2.45) is 0 Å². The molecule has 3 aromatic rings. The number of carbonyl (C=O) groups excluding carboxylic acids is 2. The van der Waals surface area contributed by atoms with E-state index in [0.29, 0.717) is 17.2 Å². The summed E-state index contributed by atoms with van der Waals surface area (Å²) in [5.41, 5.74) is 0.674. The van der Waals surface area contributed by atoms with Gasteiger partial charge in [0.15, 0.2) is 6.61 Å². The molecular formula is C21H20N2O4. The average Bonchev–Trinajstić information content (AvgIpc) is 3.20. The van der Waals surface area contributed by atoms with Gasteiger partial charge in [0.05, 0.1) is 12.8 Å². The molecule has 0 aliphatic rings. The summed E-state index contributed by atoms with van der Waals surface area (Å²) in [7, 11) is 0. The summed E-state index contributed by atoms with van der Waals surface area (Å²) in [6, 6.07) is 21.7. The fraction of sp³-hybridized carbons (Fsp3) is 0.143. The molecule has 0 bridgehead atoms. The highest BCUT2D eigenvalue weighted by Gasteiger charge is 2.19. The number of nitrogens with zero attached hydrogens (tertiary/aromatic N) is 1. The maximum atomic E-state index is 12.6. The standard InChI is InChI=1S/C21H20N2O4/c24-20(22-17-8-3-1-4-9-17)15-23(14-19-12-7-13-26-19)21(25)16-27-18-10-5-2-6-11-18/h1-13H,14-16H2,(H,22,24). The monoisotopic (exact) mass is 364 g/mol. The zero-order valence-corrected chi connectivity index (χ0v) is 14.7. The first-order valence-corrected chi connectivity index (χ1v) is 8.53. The SMILES string of the molecule is O=C(CN(Cc1ccco1)C(=O)COc1ccccc1)Nc1ccccc1. The van der Waals surface area contributed by atoms with E-state index >= 15 is 0 Å². The molecule has 2 aromatic carbocycles. The highest BCUT2D eigenvalue weighted by molar-refractivity contribution is 5.94. The fourth-order valence-electron chi connectivity index (χ4n) is 2.47. The van der Waals surface area contributed by atoms with Crippen molar-refractivity contribution in [3.63, 3.8) is 0 Å². The molecule has 3 rings (SSSR count). The van der Waals surface area contributed by atoms with Gasteiger partial charge in [0.25, 0.3) is 5.91 Å². The molecular weight excluding hydrogens is 344 g/mol. The van der Waals surface area contributed by atoms with E-state index in [0.717, 1.165) is 0 Å². The van der Waals surface area contributed by atoms with E-state index in [4.69, 9.17) is 9.15 Å². The molecule has 0 saturated heterocycles. The number of carbonyl (C=O) groups is 2. The Morgan fingerprint density at radius 2 is 1.63 bits per heavy atom. The number of nitrogens with one attached hydrogen (secondary N) is 1. The summed E-state index contributed by atoms with van der Waals surface area (Å²) < 4.78 is 10.8. The number of para-hydroxylation sites is 2. The molecule has 2 amide bonds. The minimum atomic E-state index is -0.307. The normalized spacial score (nSPS) is 10.2. The molecule has 1 heterocycles. The Balaban J connectivity index is 1.62. The molecule has 6 nitrogen and oxygen atoms in total. The van der Waals surface area contributed by atoms with Gasteiger partial charge in [-0.3, -0.25) is 9.59 Å². The van der Waals surface area contributed by atoms with Crippen molar-refractivity contribution in [2.45, 2.75) is 6.54 Å². The topological polar surface area (TPSA) is 71.8 Å². The van der Waals surface area contributed by atoms with Crippen LogP contribution in [0.1, 0.15) is 5.76 Å². The van der Waals surface area contributed by atoms with Crippen molar-refractivity contribution in [2.75, 3.05) is 18.5 Å². The minimum absolute atomic E-state index is 0.105. The Labute approximate surface area is 157 Å². The van der Waals surface area contributed by atoms with Crippen LogP contribution in [0.2, 0.25) is 0 Å². The van der Waals surface area contributed by atoms with E-state index in [1.54, 1.807) is 36.4 Å². The zero-order valence-electron chi connectivity index (χ0n) is 14.7. The van der Waals surface area contributed by atoms with Gasteiger partial charge < -0.3 is 19.4 Å². The molecule has 6 heteroatoms. The molecule has 0 aliphatic heterocycles. The Kier molecular flexibility index (Phi) is 6.25. The Hall–Kier alpha value is -3.54. The van der Waals surface area contributed by atoms with Crippen LogP contribution in [0.5, 0.6) is 5.75 Å². The molecule has 0 atom stereocenters. The molecule has 0 aliphatic carbocycles. The van der Waals surface area contributed by atoms with Crippen LogP contribution < -0.4 is 10.1 Å². The number of furan rings is 1. The van der Waals surface area contributed by atoms with Gasteiger partial charge in [-0.1, -0.05) is 36.4 Å². The molecule has 1 aromatic heterocycles. The van der Waals surface area contributed by atoms with Crippen LogP contribution >= 0.6 is 0 Å². The molecule has 0 saturated carbocycles. The van der Waals surface area contributed by atoms with E-state index in [-0.39, 0.29) is 31.5 Å². The molecule has 0 unspecified atom stereocenters. The molecule has 27 heavy (non-hydrogen) atoms. The van der Waals surface area contributed by atoms with Gasteiger partial charge >= 0.3 is 0 Å². The smallest absolute Gasteiger partial charge is 0.261 e. The van der Waals surface area contributed by atoms with Gasteiger partial charge in [0.1, 0.15) is 18.1 Å². The van der Waals surface area contributed by atoms with Gasteiger partial charge in [-0.05, 0) is 36.4 Å². The summed E-state index contributed by atoms with van der Waals surface area (Å²) in [4.78, 5) is 26.4. The van der Waals surface area contributed by atoms with E-state index in [9.17, 15) is 9.59 Å². The summed E-state index contributed by atoms with van der Waals surface area (Å²) in [5.74, 6) is 0.590. The number of ether oxygens (including phenoxy) is 1. The van der Waals surface area contributed by atoms with Gasteiger partial charge in [-0.25, -0.2) is 0 Å². The molecule has 0 spiro atoms. The molecule has 0 radical (unpaired) electrons. The second-order valence-electron chi connectivity index (χ2n) is 5.85. The fourth-order valence-corrected chi connectivity index (χ4v) is 2.47. The lowest BCUT2D eigenvalue weighted by molar-refractivity contribution is -0.137. The Morgan fingerprint density at radius 3 is 2.30 bits per heavy atom.